The Hall–Kier alpha value is -1.18. The molecule has 2 aliphatic rings. The van der Waals surface area contributed by atoms with Gasteiger partial charge in [-0.2, -0.15) is 0 Å². The van der Waals surface area contributed by atoms with Gasteiger partial charge in [-0.25, -0.2) is 17.5 Å². The lowest BCUT2D eigenvalue weighted by molar-refractivity contribution is 0.284. The van der Waals surface area contributed by atoms with Crippen molar-refractivity contribution in [1.82, 2.24) is 10.0 Å². The van der Waals surface area contributed by atoms with Crippen LogP contribution in [0, 0.1) is 11.7 Å². The van der Waals surface area contributed by atoms with Gasteiger partial charge in [0.2, 0.25) is 10.0 Å². The average molecular weight is 413 g/mol. The minimum Gasteiger partial charge on any atom is -0.490 e. The van der Waals surface area contributed by atoms with E-state index in [0.29, 0.717) is 18.9 Å². The van der Waals surface area contributed by atoms with Crippen LogP contribution in [-0.4, -0.2) is 32.9 Å². The summed E-state index contributed by atoms with van der Waals surface area (Å²) in [4.78, 5) is 0. The summed E-state index contributed by atoms with van der Waals surface area (Å²) in [5.74, 6) is 0.467. The predicted octanol–water partition coefficient (Wildman–Crippen LogP) is 3.69. The average Bonchev–Trinajstić information content (AvgIpc) is 3.49. The van der Waals surface area contributed by atoms with Crippen molar-refractivity contribution in [3.63, 3.8) is 0 Å². The molecular weight excluding hydrogens is 379 g/mol. The van der Waals surface area contributed by atoms with E-state index in [2.05, 4.69) is 30.8 Å². The van der Waals surface area contributed by atoms with Crippen molar-refractivity contribution in [3.8, 4) is 5.75 Å². The van der Waals surface area contributed by atoms with E-state index in [1.807, 2.05) is 0 Å². The van der Waals surface area contributed by atoms with Gasteiger partial charge in [-0.1, -0.05) is 6.07 Å². The van der Waals surface area contributed by atoms with Gasteiger partial charge in [-0.05, 0) is 89.5 Å². The minimum atomic E-state index is -3.39. The second-order valence-corrected chi connectivity index (χ2v) is 11.1. The normalized spacial score (nSPS) is 18.9. The Bertz CT molecular complexity index is 781. The molecule has 2 N–H and O–H groups in total. The highest BCUT2D eigenvalue weighted by Gasteiger charge is 2.47. The molecule has 7 heteroatoms. The van der Waals surface area contributed by atoms with Crippen LogP contribution in [0.5, 0.6) is 5.75 Å². The quantitative estimate of drug-likeness (QED) is 0.544. The van der Waals surface area contributed by atoms with Gasteiger partial charge in [-0.3, -0.25) is 0 Å². The number of hydrogen-bond acceptors (Lipinski definition) is 4. The lowest BCUT2D eigenvalue weighted by Gasteiger charge is -2.21. The molecule has 5 nitrogen and oxygen atoms in total. The molecule has 158 valence electrons. The molecule has 0 aliphatic heterocycles. The van der Waals surface area contributed by atoms with Crippen molar-refractivity contribution in [2.75, 3.05) is 18.9 Å². The van der Waals surface area contributed by atoms with Crippen LogP contribution in [-0.2, 0) is 15.6 Å². The molecule has 2 aliphatic carbocycles. The zero-order valence-electron chi connectivity index (χ0n) is 17.2. The third-order valence-corrected chi connectivity index (χ3v) is 6.78. The summed E-state index contributed by atoms with van der Waals surface area (Å²) in [6.07, 6.45) is 5.14. The van der Waals surface area contributed by atoms with Gasteiger partial charge in [-0.15, -0.1) is 0 Å². The van der Waals surface area contributed by atoms with Crippen LogP contribution >= 0.6 is 0 Å². The van der Waals surface area contributed by atoms with Gasteiger partial charge < -0.3 is 10.1 Å². The summed E-state index contributed by atoms with van der Waals surface area (Å²) in [6.45, 7) is 7.60. The number of benzene rings is 1. The topological polar surface area (TPSA) is 67.4 Å². The molecule has 0 aromatic heterocycles. The lowest BCUT2D eigenvalue weighted by Crippen LogP contribution is -2.38. The first-order valence-electron chi connectivity index (χ1n) is 10.3. The molecule has 0 bridgehead atoms. The van der Waals surface area contributed by atoms with Crippen molar-refractivity contribution < 1.29 is 17.5 Å². The van der Waals surface area contributed by atoms with Crippen LogP contribution in [0.4, 0.5) is 4.39 Å². The highest BCUT2D eigenvalue weighted by molar-refractivity contribution is 7.89. The fourth-order valence-electron chi connectivity index (χ4n) is 3.21. The first kappa shape index (κ1) is 21.5. The van der Waals surface area contributed by atoms with Crippen molar-refractivity contribution in [3.05, 3.63) is 29.6 Å². The van der Waals surface area contributed by atoms with Crippen molar-refractivity contribution >= 4 is 10.0 Å². The Morgan fingerprint density at radius 2 is 1.93 bits per heavy atom. The molecule has 1 aromatic carbocycles. The number of hydrogen-bond donors (Lipinski definition) is 2. The Labute approximate surface area is 168 Å². The lowest BCUT2D eigenvalue weighted by atomic mass is 10.1. The van der Waals surface area contributed by atoms with Gasteiger partial charge in [0.15, 0.2) is 11.6 Å². The fraction of sp³-hybridized carbons (Fsp3) is 0.714. The first-order chi connectivity index (χ1) is 13.1. The molecule has 2 saturated carbocycles. The molecule has 28 heavy (non-hydrogen) atoms. The van der Waals surface area contributed by atoms with E-state index < -0.39 is 21.4 Å². The molecular formula is C21H33FN2O3S. The monoisotopic (exact) mass is 412 g/mol. The molecule has 0 heterocycles. The molecule has 0 unspecified atom stereocenters. The van der Waals surface area contributed by atoms with Crippen LogP contribution in [0.1, 0.15) is 64.9 Å². The fourth-order valence-corrected chi connectivity index (χ4v) is 4.81. The van der Waals surface area contributed by atoms with Crippen LogP contribution in [0.3, 0.4) is 0 Å². The van der Waals surface area contributed by atoms with E-state index in [-0.39, 0.29) is 17.0 Å². The van der Waals surface area contributed by atoms with Gasteiger partial charge in [0.25, 0.3) is 0 Å². The van der Waals surface area contributed by atoms with Gasteiger partial charge in [0, 0.05) is 5.54 Å². The minimum absolute atomic E-state index is 0.0388. The molecule has 1 aromatic rings. The molecule has 2 fully saturated rings. The first-order valence-corrected chi connectivity index (χ1v) is 11.9. The maximum atomic E-state index is 14.0. The third kappa shape index (κ3) is 6.42. The summed E-state index contributed by atoms with van der Waals surface area (Å²) in [5.41, 5.74) is 0.225. The molecule has 0 amide bonds. The zero-order chi connectivity index (χ0) is 20.4. The van der Waals surface area contributed by atoms with Gasteiger partial charge in [0.1, 0.15) is 0 Å². The van der Waals surface area contributed by atoms with Crippen molar-refractivity contribution in [2.45, 2.75) is 70.4 Å². The van der Waals surface area contributed by atoms with Gasteiger partial charge in [0.05, 0.1) is 17.9 Å². The highest BCUT2D eigenvalue weighted by Crippen LogP contribution is 2.47. The summed E-state index contributed by atoms with van der Waals surface area (Å²) < 4.78 is 47.6. The molecule has 0 spiro atoms. The highest BCUT2D eigenvalue weighted by atomic mass is 32.2. The third-order valence-electron chi connectivity index (χ3n) is 5.25. The van der Waals surface area contributed by atoms with Gasteiger partial charge >= 0.3 is 0 Å². The number of halogens is 1. The predicted molar refractivity (Wildman–Crippen MR) is 109 cm³/mol. The summed E-state index contributed by atoms with van der Waals surface area (Å²) in [5, 5.41) is 3.37. The van der Waals surface area contributed by atoms with E-state index in [4.69, 9.17) is 4.74 Å². The van der Waals surface area contributed by atoms with Crippen molar-refractivity contribution in [2.24, 2.45) is 5.92 Å². The number of unbranched alkanes of at least 4 members (excludes halogenated alkanes) is 1. The van der Waals surface area contributed by atoms with Crippen LogP contribution in [0.15, 0.2) is 18.2 Å². The summed E-state index contributed by atoms with van der Waals surface area (Å²) >= 11 is 0. The van der Waals surface area contributed by atoms with E-state index in [0.717, 1.165) is 44.2 Å². The van der Waals surface area contributed by atoms with Crippen LogP contribution in [0.25, 0.3) is 0 Å². The SMILES string of the molecule is CC(C)(C)NCCCCS(=O)(=O)NC1(c2ccc(F)c(OCC3CC3)c2)CC1. The number of nitrogens with one attached hydrogen (secondary N) is 2. The van der Waals surface area contributed by atoms with E-state index >= 15 is 0 Å². The Balaban J connectivity index is 1.54. The Kier molecular flexibility index (Phi) is 6.37. The largest absolute Gasteiger partial charge is 0.490 e. The smallest absolute Gasteiger partial charge is 0.212 e. The second-order valence-electron chi connectivity index (χ2n) is 9.29. The number of sulfonamides is 1. The maximum Gasteiger partial charge on any atom is 0.212 e. The van der Waals surface area contributed by atoms with Crippen LogP contribution < -0.4 is 14.8 Å². The molecule has 0 saturated heterocycles. The molecule has 3 rings (SSSR count). The van der Waals surface area contributed by atoms with E-state index in [1.54, 1.807) is 12.1 Å². The summed E-state index contributed by atoms with van der Waals surface area (Å²) in [6, 6.07) is 4.71. The standard InChI is InChI=1S/C21H33FN2O3S/c1-20(2,3)23-12-4-5-13-28(25,26)24-21(10-11-21)17-8-9-18(22)19(14-17)27-15-16-6-7-16/h8-9,14,16,23-24H,4-7,10-13,15H2,1-3H3. The Morgan fingerprint density at radius 1 is 1.21 bits per heavy atom. The van der Waals surface area contributed by atoms with E-state index in [1.165, 1.54) is 6.07 Å². The molecule has 0 atom stereocenters. The second kappa shape index (κ2) is 8.28. The zero-order valence-corrected chi connectivity index (χ0v) is 18.0. The number of ether oxygens (including phenoxy) is 1. The van der Waals surface area contributed by atoms with E-state index in [9.17, 15) is 12.8 Å². The summed E-state index contributed by atoms with van der Waals surface area (Å²) in [7, 11) is -3.39. The number of rotatable bonds is 11. The Morgan fingerprint density at radius 3 is 2.54 bits per heavy atom. The molecule has 0 radical (unpaired) electrons. The maximum absolute atomic E-state index is 14.0. The van der Waals surface area contributed by atoms with Crippen molar-refractivity contribution in [1.29, 1.82) is 0 Å². The van der Waals surface area contributed by atoms with Crippen LogP contribution in [0.2, 0.25) is 0 Å².